The summed E-state index contributed by atoms with van der Waals surface area (Å²) in [6, 6.07) is 10.9. The summed E-state index contributed by atoms with van der Waals surface area (Å²) in [6.45, 7) is 1.60. The van der Waals surface area contributed by atoms with Crippen LogP contribution in [-0.2, 0) is 13.2 Å². The van der Waals surface area contributed by atoms with E-state index in [2.05, 4.69) is 10.4 Å². The lowest BCUT2D eigenvalue weighted by molar-refractivity contribution is 0.0956. The fraction of sp³-hybridized carbons (Fsp3) is 0.176. The predicted molar refractivity (Wildman–Crippen MR) is 94.7 cm³/mol. The molecule has 2 heterocycles. The maximum Gasteiger partial charge on any atom is 0.261 e. The van der Waals surface area contributed by atoms with Crippen LogP contribution in [0.1, 0.15) is 15.2 Å². The number of thiophene rings is 1. The van der Waals surface area contributed by atoms with E-state index in [1.54, 1.807) is 23.0 Å². The predicted octanol–water partition coefficient (Wildman–Crippen LogP) is 3.61. The molecule has 2 aromatic heterocycles. The molecular weight excluding hydrogens is 346 g/mol. The summed E-state index contributed by atoms with van der Waals surface area (Å²) in [6.07, 6.45) is 3.58. The Morgan fingerprint density at radius 1 is 1.33 bits per heavy atom. The van der Waals surface area contributed by atoms with Gasteiger partial charge in [-0.3, -0.25) is 9.48 Å². The van der Waals surface area contributed by atoms with Gasteiger partial charge in [-0.1, -0.05) is 11.6 Å². The third kappa shape index (κ3) is 4.59. The van der Waals surface area contributed by atoms with E-state index < -0.39 is 0 Å². The van der Waals surface area contributed by atoms with Crippen molar-refractivity contribution in [3.8, 4) is 5.75 Å². The maximum absolute atomic E-state index is 12.1. The Labute approximate surface area is 148 Å². The second kappa shape index (κ2) is 7.99. The summed E-state index contributed by atoms with van der Waals surface area (Å²) >= 11 is 7.25. The Kier molecular flexibility index (Phi) is 5.51. The summed E-state index contributed by atoms with van der Waals surface area (Å²) in [7, 11) is 0. The van der Waals surface area contributed by atoms with Crippen molar-refractivity contribution in [3.05, 3.63) is 69.6 Å². The Morgan fingerprint density at radius 3 is 2.92 bits per heavy atom. The number of carbonyl (C=O) groups excluding carboxylic acids is 1. The van der Waals surface area contributed by atoms with Crippen LogP contribution in [0.4, 0.5) is 0 Å². The van der Waals surface area contributed by atoms with Gasteiger partial charge in [0.15, 0.2) is 0 Å². The molecule has 0 saturated carbocycles. The van der Waals surface area contributed by atoms with Gasteiger partial charge < -0.3 is 10.1 Å². The van der Waals surface area contributed by atoms with Crippen LogP contribution in [0.3, 0.4) is 0 Å². The lowest BCUT2D eigenvalue weighted by Crippen LogP contribution is -2.26. The minimum absolute atomic E-state index is 0.0788. The van der Waals surface area contributed by atoms with Crippen molar-refractivity contribution in [3.63, 3.8) is 0 Å². The smallest absolute Gasteiger partial charge is 0.261 e. The summed E-state index contributed by atoms with van der Waals surface area (Å²) in [5.41, 5.74) is 0.965. The number of amides is 1. The first kappa shape index (κ1) is 16.5. The number of ether oxygens (including phenoxy) is 1. The minimum Gasteiger partial charge on any atom is -0.489 e. The Hall–Kier alpha value is -2.31. The highest BCUT2D eigenvalue weighted by atomic mass is 35.5. The van der Waals surface area contributed by atoms with E-state index in [0.717, 1.165) is 11.3 Å². The lowest BCUT2D eigenvalue weighted by Gasteiger charge is -2.04. The first-order valence-electron chi connectivity index (χ1n) is 7.42. The number of rotatable bonds is 7. The van der Waals surface area contributed by atoms with Crippen molar-refractivity contribution in [1.29, 1.82) is 0 Å². The van der Waals surface area contributed by atoms with Crippen molar-refractivity contribution in [2.24, 2.45) is 0 Å². The van der Waals surface area contributed by atoms with Crippen LogP contribution in [0, 0.1) is 0 Å². The van der Waals surface area contributed by atoms with Gasteiger partial charge in [0.1, 0.15) is 12.4 Å². The molecule has 0 fully saturated rings. The molecule has 1 aromatic carbocycles. The van der Waals surface area contributed by atoms with Gasteiger partial charge in [0.2, 0.25) is 0 Å². The first-order valence-corrected chi connectivity index (χ1v) is 8.68. The van der Waals surface area contributed by atoms with E-state index in [4.69, 9.17) is 16.3 Å². The third-order valence-electron chi connectivity index (χ3n) is 3.28. The van der Waals surface area contributed by atoms with E-state index >= 15 is 0 Å². The molecule has 0 unspecified atom stereocenters. The molecule has 0 aliphatic carbocycles. The fourth-order valence-electron chi connectivity index (χ4n) is 2.07. The topological polar surface area (TPSA) is 56.2 Å². The number of carbonyl (C=O) groups is 1. The van der Waals surface area contributed by atoms with Gasteiger partial charge in [-0.15, -0.1) is 11.3 Å². The number of nitrogens with zero attached hydrogens (tertiary/aromatic N) is 2. The number of benzene rings is 1. The number of halogens is 1. The van der Waals surface area contributed by atoms with Crippen LogP contribution in [0.25, 0.3) is 0 Å². The fourth-order valence-corrected chi connectivity index (χ4v) is 3.01. The Balaban J connectivity index is 1.47. The van der Waals surface area contributed by atoms with E-state index in [1.807, 2.05) is 35.8 Å². The second-order valence-electron chi connectivity index (χ2n) is 5.09. The molecule has 24 heavy (non-hydrogen) atoms. The molecule has 3 rings (SSSR count). The van der Waals surface area contributed by atoms with Crippen molar-refractivity contribution in [1.82, 2.24) is 15.1 Å². The molecule has 0 bridgehead atoms. The molecule has 3 aromatic rings. The summed E-state index contributed by atoms with van der Waals surface area (Å²) in [5.74, 6) is 0.667. The van der Waals surface area contributed by atoms with E-state index in [-0.39, 0.29) is 5.91 Å². The molecule has 5 nitrogen and oxygen atoms in total. The van der Waals surface area contributed by atoms with Gasteiger partial charge in [-0.25, -0.2) is 0 Å². The minimum atomic E-state index is -0.0788. The van der Waals surface area contributed by atoms with Crippen molar-refractivity contribution in [2.75, 3.05) is 6.54 Å². The Bertz CT molecular complexity index is 785. The normalized spacial score (nSPS) is 10.5. The molecule has 0 aliphatic rings. The van der Waals surface area contributed by atoms with Gasteiger partial charge >= 0.3 is 0 Å². The lowest BCUT2D eigenvalue weighted by atomic mass is 10.3. The van der Waals surface area contributed by atoms with Crippen molar-refractivity contribution >= 4 is 28.8 Å². The van der Waals surface area contributed by atoms with Crippen LogP contribution in [0.2, 0.25) is 5.02 Å². The van der Waals surface area contributed by atoms with Crippen LogP contribution in [0.15, 0.2) is 54.2 Å². The molecule has 0 spiro atoms. The molecule has 0 saturated heterocycles. The van der Waals surface area contributed by atoms with Crippen molar-refractivity contribution < 1.29 is 9.53 Å². The average Bonchev–Trinajstić information content (AvgIpc) is 3.26. The molecule has 0 atom stereocenters. The molecule has 7 heteroatoms. The monoisotopic (exact) mass is 361 g/mol. The van der Waals surface area contributed by atoms with Crippen LogP contribution in [0.5, 0.6) is 5.75 Å². The zero-order valence-corrected chi connectivity index (χ0v) is 14.4. The Morgan fingerprint density at radius 2 is 2.17 bits per heavy atom. The molecular formula is C17H16ClN3O2S. The molecule has 1 amide bonds. The summed E-state index contributed by atoms with van der Waals surface area (Å²) in [4.78, 5) is 12.8. The standard InChI is InChI=1S/C17H16ClN3O2S/c18-14-2-4-15(5-3-14)23-11-13-10-16(24-12-13)17(22)19-7-9-21-8-1-6-20-21/h1-6,8,10,12H,7,9,11H2,(H,19,22). The van der Waals surface area contributed by atoms with Gasteiger partial charge in [-0.05, 0) is 41.8 Å². The highest BCUT2D eigenvalue weighted by molar-refractivity contribution is 7.12. The highest BCUT2D eigenvalue weighted by Gasteiger charge is 2.09. The van der Waals surface area contributed by atoms with Crippen LogP contribution >= 0.6 is 22.9 Å². The summed E-state index contributed by atoms with van der Waals surface area (Å²) in [5, 5.41) is 9.58. The molecule has 0 radical (unpaired) electrons. The van der Waals surface area contributed by atoms with Gasteiger partial charge in [0.05, 0.1) is 11.4 Å². The largest absolute Gasteiger partial charge is 0.489 e. The average molecular weight is 362 g/mol. The van der Waals surface area contributed by atoms with E-state index in [1.165, 1.54) is 11.3 Å². The molecule has 0 aliphatic heterocycles. The highest BCUT2D eigenvalue weighted by Crippen LogP contribution is 2.19. The SMILES string of the molecule is O=C(NCCn1cccn1)c1cc(COc2ccc(Cl)cc2)cs1. The first-order chi connectivity index (χ1) is 11.7. The number of aromatic nitrogens is 2. The van der Waals surface area contributed by atoms with Crippen LogP contribution in [-0.4, -0.2) is 22.2 Å². The van der Waals surface area contributed by atoms with Crippen LogP contribution < -0.4 is 10.1 Å². The van der Waals surface area contributed by atoms with Gasteiger partial charge in [0, 0.05) is 29.5 Å². The van der Waals surface area contributed by atoms with Gasteiger partial charge in [-0.2, -0.15) is 5.10 Å². The van der Waals surface area contributed by atoms with E-state index in [0.29, 0.717) is 29.6 Å². The maximum atomic E-state index is 12.1. The zero-order chi connectivity index (χ0) is 16.8. The number of nitrogens with one attached hydrogen (secondary N) is 1. The van der Waals surface area contributed by atoms with Crippen molar-refractivity contribution in [2.45, 2.75) is 13.2 Å². The summed E-state index contributed by atoms with van der Waals surface area (Å²) < 4.78 is 7.45. The number of hydrogen-bond acceptors (Lipinski definition) is 4. The van der Waals surface area contributed by atoms with E-state index in [9.17, 15) is 4.79 Å². The molecule has 124 valence electrons. The second-order valence-corrected chi connectivity index (χ2v) is 6.43. The number of hydrogen-bond donors (Lipinski definition) is 1. The zero-order valence-electron chi connectivity index (χ0n) is 12.8. The quantitative estimate of drug-likeness (QED) is 0.699. The third-order valence-corrected chi connectivity index (χ3v) is 4.51. The molecule has 1 N–H and O–H groups in total. The van der Waals surface area contributed by atoms with Gasteiger partial charge in [0.25, 0.3) is 5.91 Å².